The zero-order valence-electron chi connectivity index (χ0n) is 10.9. The Morgan fingerprint density at radius 2 is 2.00 bits per heavy atom. The van der Waals surface area contributed by atoms with Gasteiger partial charge in [-0.3, -0.25) is 0 Å². The van der Waals surface area contributed by atoms with Gasteiger partial charge in [-0.2, -0.15) is 0 Å². The van der Waals surface area contributed by atoms with Crippen LogP contribution in [-0.4, -0.2) is 6.61 Å². The number of hydrogen-bond acceptors (Lipinski definition) is 2. The van der Waals surface area contributed by atoms with Gasteiger partial charge in [-0.15, -0.1) is 0 Å². The molecule has 2 N–H and O–H groups in total. The minimum atomic E-state index is 0.00296. The Morgan fingerprint density at radius 1 is 1.29 bits per heavy atom. The van der Waals surface area contributed by atoms with E-state index < -0.39 is 0 Å². The number of benzene rings is 1. The topological polar surface area (TPSA) is 35.2 Å². The molecule has 1 aromatic carbocycles. The largest absolute Gasteiger partial charge is 0.493 e. The summed E-state index contributed by atoms with van der Waals surface area (Å²) in [4.78, 5) is 0. The lowest BCUT2D eigenvalue weighted by Gasteiger charge is -2.14. The van der Waals surface area contributed by atoms with Crippen molar-refractivity contribution < 1.29 is 4.74 Å². The Balaban J connectivity index is 2.59. The molecular formula is C14H22BrNO. The smallest absolute Gasteiger partial charge is 0.125 e. The summed E-state index contributed by atoms with van der Waals surface area (Å²) in [7, 11) is 0. The monoisotopic (exact) mass is 299 g/mol. The van der Waals surface area contributed by atoms with Crippen LogP contribution in [0.4, 0.5) is 0 Å². The molecule has 1 aromatic rings. The van der Waals surface area contributed by atoms with Crippen molar-refractivity contribution in [1.82, 2.24) is 0 Å². The first-order chi connectivity index (χ1) is 8.00. The van der Waals surface area contributed by atoms with Crippen LogP contribution in [0.15, 0.2) is 22.7 Å². The second kappa shape index (κ2) is 7.02. The highest BCUT2D eigenvalue weighted by Gasteiger charge is 2.08. The van der Waals surface area contributed by atoms with Crippen molar-refractivity contribution in [2.75, 3.05) is 6.61 Å². The molecule has 2 nitrogen and oxygen atoms in total. The molecule has 0 saturated heterocycles. The second-order valence-electron chi connectivity index (χ2n) is 4.86. The highest BCUT2D eigenvalue weighted by atomic mass is 79.9. The van der Waals surface area contributed by atoms with Gasteiger partial charge in [0.2, 0.25) is 0 Å². The fourth-order valence-corrected chi connectivity index (χ4v) is 2.02. The van der Waals surface area contributed by atoms with E-state index in [9.17, 15) is 0 Å². The van der Waals surface area contributed by atoms with Crippen molar-refractivity contribution in [2.45, 2.75) is 39.7 Å². The van der Waals surface area contributed by atoms with Gasteiger partial charge in [0, 0.05) is 16.1 Å². The molecule has 0 spiro atoms. The molecule has 0 aliphatic carbocycles. The molecule has 0 unspecified atom stereocenters. The van der Waals surface area contributed by atoms with Crippen LogP contribution < -0.4 is 10.5 Å². The fraction of sp³-hybridized carbons (Fsp3) is 0.571. The lowest BCUT2D eigenvalue weighted by molar-refractivity contribution is 0.293. The molecule has 0 heterocycles. The van der Waals surface area contributed by atoms with Crippen molar-refractivity contribution in [2.24, 2.45) is 11.7 Å². The van der Waals surface area contributed by atoms with E-state index in [2.05, 4.69) is 29.8 Å². The van der Waals surface area contributed by atoms with Gasteiger partial charge in [-0.05, 0) is 37.8 Å². The number of hydrogen-bond donors (Lipinski definition) is 1. The predicted molar refractivity (Wildman–Crippen MR) is 76.3 cm³/mol. The van der Waals surface area contributed by atoms with Crippen LogP contribution in [0.25, 0.3) is 0 Å². The molecule has 96 valence electrons. The van der Waals surface area contributed by atoms with Crippen molar-refractivity contribution in [3.05, 3.63) is 28.2 Å². The maximum Gasteiger partial charge on any atom is 0.125 e. The van der Waals surface area contributed by atoms with Gasteiger partial charge < -0.3 is 10.5 Å². The highest BCUT2D eigenvalue weighted by molar-refractivity contribution is 9.10. The summed E-state index contributed by atoms with van der Waals surface area (Å²) in [6, 6.07) is 6.02. The standard InChI is InChI=1S/C14H22BrNO/c1-10(2)5-4-8-17-14-9-12(15)6-7-13(14)11(3)16/h6-7,9-11H,4-5,8,16H2,1-3H3/t11-/m1/s1. The molecule has 0 bridgehead atoms. The van der Waals surface area contributed by atoms with E-state index in [1.165, 1.54) is 6.42 Å². The van der Waals surface area contributed by atoms with Crippen LogP contribution in [0.1, 0.15) is 45.2 Å². The van der Waals surface area contributed by atoms with Gasteiger partial charge >= 0.3 is 0 Å². The van der Waals surface area contributed by atoms with Crippen LogP contribution >= 0.6 is 15.9 Å². The first kappa shape index (κ1) is 14.5. The lowest BCUT2D eigenvalue weighted by atomic mass is 10.1. The summed E-state index contributed by atoms with van der Waals surface area (Å²) in [5.41, 5.74) is 6.99. The van der Waals surface area contributed by atoms with E-state index in [1.54, 1.807) is 0 Å². The Kier molecular flexibility index (Phi) is 6.00. The summed E-state index contributed by atoms with van der Waals surface area (Å²) >= 11 is 3.46. The van der Waals surface area contributed by atoms with Crippen LogP contribution in [-0.2, 0) is 0 Å². The van der Waals surface area contributed by atoms with Crippen LogP contribution in [0.2, 0.25) is 0 Å². The average Bonchev–Trinajstić information content (AvgIpc) is 2.23. The van der Waals surface area contributed by atoms with Gasteiger partial charge in [-0.1, -0.05) is 35.8 Å². The maximum atomic E-state index is 5.92. The molecule has 0 aliphatic rings. The van der Waals surface area contributed by atoms with E-state index in [4.69, 9.17) is 10.5 Å². The number of halogens is 1. The zero-order chi connectivity index (χ0) is 12.8. The van der Waals surface area contributed by atoms with Crippen molar-refractivity contribution in [1.29, 1.82) is 0 Å². The minimum absolute atomic E-state index is 0.00296. The molecule has 0 aliphatic heterocycles. The van der Waals surface area contributed by atoms with Gasteiger partial charge in [0.1, 0.15) is 5.75 Å². The Bertz CT molecular complexity index is 350. The summed E-state index contributed by atoms with van der Waals surface area (Å²) in [5.74, 6) is 1.63. The van der Waals surface area contributed by atoms with Crippen molar-refractivity contribution in [3.63, 3.8) is 0 Å². The van der Waals surface area contributed by atoms with E-state index in [-0.39, 0.29) is 6.04 Å². The van der Waals surface area contributed by atoms with Crippen molar-refractivity contribution in [3.8, 4) is 5.75 Å². The van der Waals surface area contributed by atoms with E-state index in [0.717, 1.165) is 34.7 Å². The van der Waals surface area contributed by atoms with Gasteiger partial charge in [-0.25, -0.2) is 0 Å². The molecule has 1 atom stereocenters. The van der Waals surface area contributed by atoms with Crippen molar-refractivity contribution >= 4 is 15.9 Å². The number of ether oxygens (including phenoxy) is 1. The van der Waals surface area contributed by atoms with Crippen LogP contribution in [0.3, 0.4) is 0 Å². The average molecular weight is 300 g/mol. The highest BCUT2D eigenvalue weighted by Crippen LogP contribution is 2.27. The van der Waals surface area contributed by atoms with Gasteiger partial charge in [0.15, 0.2) is 0 Å². The zero-order valence-corrected chi connectivity index (χ0v) is 12.5. The fourth-order valence-electron chi connectivity index (χ4n) is 1.68. The third-order valence-electron chi connectivity index (χ3n) is 2.65. The SMILES string of the molecule is CC(C)CCCOc1cc(Br)ccc1[C@@H](C)N. The third-order valence-corrected chi connectivity index (χ3v) is 3.14. The molecule has 0 radical (unpaired) electrons. The van der Waals surface area contributed by atoms with E-state index in [1.807, 2.05) is 25.1 Å². The Morgan fingerprint density at radius 3 is 2.59 bits per heavy atom. The first-order valence-electron chi connectivity index (χ1n) is 6.18. The molecule has 3 heteroatoms. The summed E-state index contributed by atoms with van der Waals surface area (Å²) in [6.45, 7) is 7.19. The quantitative estimate of drug-likeness (QED) is 0.796. The normalized spacial score (nSPS) is 12.8. The van der Waals surface area contributed by atoms with Gasteiger partial charge in [0.05, 0.1) is 6.61 Å². The molecule has 0 aromatic heterocycles. The van der Waals surface area contributed by atoms with Gasteiger partial charge in [0.25, 0.3) is 0 Å². The van der Waals surface area contributed by atoms with E-state index >= 15 is 0 Å². The first-order valence-corrected chi connectivity index (χ1v) is 6.98. The summed E-state index contributed by atoms with van der Waals surface area (Å²) < 4.78 is 6.85. The van der Waals surface area contributed by atoms with Crippen LogP contribution in [0, 0.1) is 5.92 Å². The molecular weight excluding hydrogens is 278 g/mol. The number of rotatable bonds is 6. The predicted octanol–water partition coefficient (Wildman–Crippen LogP) is 4.28. The molecule has 0 saturated carbocycles. The number of nitrogens with two attached hydrogens (primary N) is 1. The maximum absolute atomic E-state index is 5.92. The Labute approximate surface area is 113 Å². The lowest BCUT2D eigenvalue weighted by Crippen LogP contribution is -2.09. The summed E-state index contributed by atoms with van der Waals surface area (Å²) in [6.07, 6.45) is 2.28. The summed E-state index contributed by atoms with van der Waals surface area (Å²) in [5, 5.41) is 0. The van der Waals surface area contributed by atoms with E-state index in [0.29, 0.717) is 0 Å². The second-order valence-corrected chi connectivity index (χ2v) is 5.77. The third kappa shape index (κ3) is 5.09. The molecule has 17 heavy (non-hydrogen) atoms. The van der Waals surface area contributed by atoms with Crippen LogP contribution in [0.5, 0.6) is 5.75 Å². The minimum Gasteiger partial charge on any atom is -0.493 e. The molecule has 0 amide bonds. The molecule has 1 rings (SSSR count). The Hall–Kier alpha value is -0.540. The molecule has 0 fully saturated rings.